The van der Waals surface area contributed by atoms with E-state index in [0.29, 0.717) is 31.6 Å². The van der Waals surface area contributed by atoms with Gasteiger partial charge in [0.25, 0.3) is 0 Å². The van der Waals surface area contributed by atoms with Crippen LogP contribution in [0.3, 0.4) is 0 Å². The molecule has 0 aromatic heterocycles. The highest BCUT2D eigenvalue weighted by Crippen LogP contribution is 2.77. The van der Waals surface area contributed by atoms with E-state index < -0.39 is 177 Å². The lowest BCUT2D eigenvalue weighted by atomic mass is 9.33. The summed E-state index contributed by atoms with van der Waals surface area (Å²) >= 11 is 0. The topological polar surface area (TPSA) is 393 Å². The Bertz CT molecular complexity index is 2320. The maximum atomic E-state index is 14.7. The summed E-state index contributed by atoms with van der Waals surface area (Å²) in [5.74, 6) is -0.494. The molecular weight excluding hydrogens is 1110 g/mol. The summed E-state index contributed by atoms with van der Waals surface area (Å²) in [5.41, 5.74) is -0.941. The average molecular weight is 1210 g/mol. The summed E-state index contributed by atoms with van der Waals surface area (Å²) in [6.45, 7) is 19.5. The number of aliphatic hydroxyl groups excluding tert-OH is 14. The Balaban J connectivity index is 0.812. The SMILES string of the molecule is C=C(C)[C@@H]1CC[C@@]2(OC(=O)[C@H]3O[C@H](CO[C@H]4O[C@H](CO)[C@@H](O[C@@H]5O[C@@H](C)[C@@H](O)[C@H](O)[C@H]5O)[C@@H](O)[C@@H]4O)[C@@H](O)[C@@H](O)[C@H]3O)CC[C@]3(C)[C@H](CC[C@@H]4[C@@]5(C)CC[C@H](O[C@@H]6OC[C@@H](O)[C@H](O)[C@@H]6O[C@H]6O[C@@H](C)[C@H](O)[C@@H](O)[C@@H]6O)C(C)(C)[C@@H]5CC[C@]43C)[C@@H]12. The van der Waals surface area contributed by atoms with Crippen LogP contribution < -0.4 is 0 Å². The molecule has 0 spiro atoms. The van der Waals surface area contributed by atoms with E-state index in [2.05, 4.69) is 41.2 Å². The fourth-order valence-electron chi connectivity index (χ4n) is 18.3. The molecule has 5 aliphatic carbocycles. The van der Waals surface area contributed by atoms with Crippen molar-refractivity contribution in [2.24, 2.45) is 51.2 Å². The van der Waals surface area contributed by atoms with Gasteiger partial charge in [-0.3, -0.25) is 0 Å². The molecule has 0 aromatic rings. The van der Waals surface area contributed by atoms with Crippen molar-refractivity contribution < 1.29 is 124 Å². The number of carbonyl (C=O) groups is 1. The van der Waals surface area contributed by atoms with Crippen molar-refractivity contribution in [3.8, 4) is 0 Å². The van der Waals surface area contributed by atoms with Crippen LogP contribution in [0.5, 0.6) is 0 Å². The van der Waals surface area contributed by atoms with Crippen molar-refractivity contribution >= 4 is 5.97 Å². The van der Waals surface area contributed by atoms with Gasteiger partial charge in [0.15, 0.2) is 31.3 Å². The summed E-state index contributed by atoms with van der Waals surface area (Å²) in [6, 6.07) is 0. The molecule has 5 heterocycles. The van der Waals surface area contributed by atoms with E-state index in [0.717, 1.165) is 44.1 Å². The largest absolute Gasteiger partial charge is 0.457 e. The van der Waals surface area contributed by atoms with E-state index in [1.807, 2.05) is 6.92 Å². The number of hydrogen-bond donors (Lipinski definition) is 14. The maximum absolute atomic E-state index is 14.7. The van der Waals surface area contributed by atoms with Crippen LogP contribution in [0.15, 0.2) is 12.2 Å². The predicted octanol–water partition coefficient (Wildman–Crippen LogP) is -1.87. The van der Waals surface area contributed by atoms with Gasteiger partial charge in [-0.2, -0.15) is 0 Å². The Kier molecular flexibility index (Phi) is 18.8. The number of esters is 1. The van der Waals surface area contributed by atoms with Crippen molar-refractivity contribution in [1.29, 1.82) is 0 Å². The Morgan fingerprint density at radius 1 is 0.548 bits per heavy atom. The van der Waals surface area contributed by atoms with E-state index >= 15 is 0 Å². The van der Waals surface area contributed by atoms with Crippen molar-refractivity contribution in [2.45, 2.75) is 279 Å². The first-order chi connectivity index (χ1) is 39.4. The lowest BCUT2D eigenvalue weighted by Crippen LogP contribution is -2.68. The van der Waals surface area contributed by atoms with Crippen LogP contribution in [-0.2, 0) is 52.2 Å². The second-order valence-corrected chi connectivity index (χ2v) is 28.1. The maximum Gasteiger partial charge on any atom is 0.338 e. The molecule has 14 N–H and O–H groups in total. The molecule has 25 heteroatoms. The third-order valence-corrected chi connectivity index (χ3v) is 23.4. The average Bonchev–Trinajstić information content (AvgIpc) is 1.01. The van der Waals surface area contributed by atoms with Gasteiger partial charge in [0.05, 0.1) is 38.1 Å². The summed E-state index contributed by atoms with van der Waals surface area (Å²) < 4.78 is 60.2. The van der Waals surface area contributed by atoms with Crippen molar-refractivity contribution in [2.75, 3.05) is 19.8 Å². The number of allylic oxidation sites excluding steroid dienone is 1. The standard InChI is InChI=1S/C59H96O25/c1-23(2)26-12-17-59(84-50(74)48-42(69)41(68)38(65)30(79-48)22-76-51-46(73)43(70)47(29(20-60)80-51)82-52-44(71)39(66)35(62)24(3)77-52)19-18-57(8)27(34(26)59)10-11-32-56(7)15-14-33(55(5,6)31(56)13-16-58(32,57)9)81-54-49(37(64)28(61)21-75-54)83-53-45(72)40(67)36(63)25(4)78-53/h24-49,51-54,60-73H,1,10-22H2,2-9H3/t24-,25-,26-,27+,28+,29+,30+,31-,32+,33-,34+,35+,36-,37-,38+,39-,40+,41+,42+,43-,44+,45-,46-,47+,48-,49-,51-,52-,53+,54-,56-,57+,58+,59+/m0/s1. The molecule has 84 heavy (non-hydrogen) atoms. The molecule has 482 valence electrons. The van der Waals surface area contributed by atoms with Gasteiger partial charge in [-0.15, -0.1) is 0 Å². The minimum absolute atomic E-state index is 0.00236. The van der Waals surface area contributed by atoms with Crippen LogP contribution in [0.2, 0.25) is 0 Å². The van der Waals surface area contributed by atoms with E-state index in [1.165, 1.54) is 13.8 Å². The quantitative estimate of drug-likeness (QED) is 0.0546. The molecule has 0 unspecified atom stereocenters. The van der Waals surface area contributed by atoms with E-state index in [9.17, 15) is 76.3 Å². The van der Waals surface area contributed by atoms with Gasteiger partial charge in [0.2, 0.25) is 0 Å². The molecule has 10 aliphatic rings. The van der Waals surface area contributed by atoms with Crippen molar-refractivity contribution in [3.63, 3.8) is 0 Å². The first-order valence-electron chi connectivity index (χ1n) is 30.5. The van der Waals surface area contributed by atoms with E-state index in [1.54, 1.807) is 0 Å². The second-order valence-electron chi connectivity index (χ2n) is 28.1. The number of aliphatic hydroxyl groups is 14. The third kappa shape index (κ3) is 10.8. The lowest BCUT2D eigenvalue weighted by molar-refractivity contribution is -0.365. The number of hydrogen-bond acceptors (Lipinski definition) is 25. The molecule has 5 aliphatic heterocycles. The first-order valence-corrected chi connectivity index (χ1v) is 30.5. The molecule has 10 fully saturated rings. The minimum Gasteiger partial charge on any atom is -0.457 e. The first kappa shape index (κ1) is 65.2. The molecule has 0 radical (unpaired) electrons. The summed E-state index contributed by atoms with van der Waals surface area (Å²) in [5, 5.41) is 151. The third-order valence-electron chi connectivity index (χ3n) is 23.4. The zero-order valence-electron chi connectivity index (χ0n) is 49.5. The number of fused-ring (bicyclic) bond motifs is 7. The molecule has 5 saturated heterocycles. The van der Waals surface area contributed by atoms with Gasteiger partial charge < -0.3 is 119 Å². The Labute approximate surface area is 490 Å². The van der Waals surface area contributed by atoms with Gasteiger partial charge in [-0.05, 0) is 130 Å². The number of rotatable bonds is 13. The second kappa shape index (κ2) is 24.2. The highest BCUT2D eigenvalue weighted by molar-refractivity contribution is 5.76. The van der Waals surface area contributed by atoms with Crippen LogP contribution in [0.4, 0.5) is 0 Å². The lowest BCUT2D eigenvalue weighted by Gasteiger charge is -2.73. The van der Waals surface area contributed by atoms with Gasteiger partial charge in [0, 0.05) is 5.92 Å². The van der Waals surface area contributed by atoms with E-state index in [4.69, 9.17) is 47.4 Å². The predicted molar refractivity (Wildman–Crippen MR) is 287 cm³/mol. The molecule has 0 amide bonds. The molecule has 10 rings (SSSR count). The molecule has 0 bridgehead atoms. The molecular formula is C59H96O25. The molecule has 0 aromatic carbocycles. The fourth-order valence-corrected chi connectivity index (χ4v) is 18.3. The minimum atomic E-state index is -1.92. The van der Waals surface area contributed by atoms with E-state index in [-0.39, 0.29) is 52.6 Å². The monoisotopic (exact) mass is 1200 g/mol. The van der Waals surface area contributed by atoms with Gasteiger partial charge >= 0.3 is 5.97 Å². The van der Waals surface area contributed by atoms with Crippen LogP contribution in [0, 0.1) is 51.2 Å². The molecule has 5 saturated carbocycles. The van der Waals surface area contributed by atoms with Gasteiger partial charge in [-0.1, -0.05) is 46.8 Å². The normalized spacial score (nSPS) is 55.6. The van der Waals surface area contributed by atoms with Gasteiger partial charge in [0.1, 0.15) is 109 Å². The van der Waals surface area contributed by atoms with Gasteiger partial charge in [-0.25, -0.2) is 4.79 Å². The zero-order chi connectivity index (χ0) is 61.2. The molecule has 25 nitrogen and oxygen atoms in total. The van der Waals surface area contributed by atoms with Crippen LogP contribution >= 0.6 is 0 Å². The Hall–Kier alpha value is -1.71. The summed E-state index contributed by atoms with van der Waals surface area (Å²) in [4.78, 5) is 14.7. The van der Waals surface area contributed by atoms with Crippen LogP contribution in [-0.4, -0.2) is 256 Å². The summed E-state index contributed by atoms with van der Waals surface area (Å²) in [6.07, 6.45) is -29.9. The number of ether oxygens (including phenoxy) is 10. The number of carbonyl (C=O) groups excluding carboxylic acids is 1. The Morgan fingerprint density at radius 3 is 1.77 bits per heavy atom. The highest BCUT2D eigenvalue weighted by Gasteiger charge is 2.72. The smallest absolute Gasteiger partial charge is 0.338 e. The van der Waals surface area contributed by atoms with Crippen LogP contribution in [0.25, 0.3) is 0 Å². The summed E-state index contributed by atoms with van der Waals surface area (Å²) in [7, 11) is 0. The highest BCUT2D eigenvalue weighted by atomic mass is 16.8. The Morgan fingerprint density at radius 2 is 1.15 bits per heavy atom. The fraction of sp³-hybridized carbons (Fsp3) is 0.949. The zero-order valence-corrected chi connectivity index (χ0v) is 49.5. The van der Waals surface area contributed by atoms with Crippen LogP contribution in [0.1, 0.15) is 120 Å². The van der Waals surface area contributed by atoms with Crippen molar-refractivity contribution in [1.82, 2.24) is 0 Å². The molecule has 34 atom stereocenters. The van der Waals surface area contributed by atoms with Crippen molar-refractivity contribution in [3.05, 3.63) is 12.2 Å².